The largest absolute Gasteiger partial charge is 0.481 e. The van der Waals surface area contributed by atoms with Crippen LogP contribution in [0.2, 0.25) is 0 Å². The predicted octanol–water partition coefficient (Wildman–Crippen LogP) is 18.5. The van der Waals surface area contributed by atoms with Crippen molar-refractivity contribution in [3.8, 4) is 0 Å². The molecule has 0 amide bonds. The van der Waals surface area contributed by atoms with Gasteiger partial charge in [0.25, 0.3) is 0 Å². The summed E-state index contributed by atoms with van der Waals surface area (Å²) in [4.78, 5) is 22.2. The zero-order valence-electron chi connectivity index (χ0n) is 48.3. The topological polar surface area (TPSA) is 93.1 Å². The highest BCUT2D eigenvalue weighted by molar-refractivity contribution is 5.73. The number of aliphatic carboxylic acids is 1. The molecule has 2 saturated heterocycles. The molecule has 6 nitrogen and oxygen atoms in total. The number of carbonyl (C=O) groups is 2. The fraction of sp³-hybridized carbons (Fsp3) is 0.781. The van der Waals surface area contributed by atoms with E-state index in [1.54, 1.807) is 6.08 Å². The van der Waals surface area contributed by atoms with Crippen LogP contribution in [0.3, 0.4) is 0 Å². The fourth-order valence-electron chi connectivity index (χ4n) is 14.7. The highest BCUT2D eigenvalue weighted by Gasteiger charge is 2.63. The van der Waals surface area contributed by atoms with Crippen molar-refractivity contribution in [3.63, 3.8) is 0 Å². The van der Waals surface area contributed by atoms with Crippen LogP contribution in [0.5, 0.6) is 0 Å². The molecule has 4 saturated carbocycles. The lowest BCUT2D eigenvalue weighted by atomic mass is 9.45. The molecule has 2 aliphatic heterocycles. The highest BCUT2D eigenvalue weighted by atomic mass is 16.6. The number of aliphatic hydroxyl groups excluding tert-OH is 1. The Labute approximate surface area is 434 Å². The van der Waals surface area contributed by atoms with Crippen molar-refractivity contribution < 1.29 is 32.1 Å². The van der Waals surface area contributed by atoms with E-state index in [0.717, 1.165) is 87.7 Å². The normalized spacial score (nSPS) is 32.1. The van der Waals surface area contributed by atoms with Crippen molar-refractivity contribution in [1.82, 2.24) is 0 Å². The molecule has 0 radical (unpaired) electrons. The first-order valence-corrected chi connectivity index (χ1v) is 28.2. The third-order valence-electron chi connectivity index (χ3n) is 18.5. The first kappa shape index (κ1) is 61.6. The van der Waals surface area contributed by atoms with E-state index in [-0.39, 0.29) is 33.1 Å². The van der Waals surface area contributed by atoms with Crippen molar-refractivity contribution >= 4 is 11.9 Å². The second-order valence-corrected chi connectivity index (χ2v) is 26.0. The van der Waals surface area contributed by atoms with E-state index in [1.165, 1.54) is 98.5 Å². The van der Waals surface area contributed by atoms with Crippen LogP contribution < -0.4 is 0 Å². The van der Waals surface area contributed by atoms with Gasteiger partial charge < -0.3 is 19.7 Å². The van der Waals surface area contributed by atoms with Gasteiger partial charge in [-0.2, -0.15) is 0 Å². The van der Waals surface area contributed by atoms with Crippen molar-refractivity contribution in [2.45, 2.75) is 263 Å². The molecule has 0 aromatic heterocycles. The summed E-state index contributed by atoms with van der Waals surface area (Å²) < 4.78 is 11.8. The van der Waals surface area contributed by atoms with E-state index in [2.05, 4.69) is 134 Å². The van der Waals surface area contributed by atoms with Crippen LogP contribution in [0.4, 0.5) is 0 Å². The van der Waals surface area contributed by atoms with Gasteiger partial charge in [0, 0.05) is 22.0 Å². The summed E-state index contributed by atoms with van der Waals surface area (Å²) >= 11 is 0. The number of carboxylic acid groups (broad SMARTS) is 1. The Bertz CT molecular complexity index is 1870. The third kappa shape index (κ3) is 18.1. The van der Waals surface area contributed by atoms with Gasteiger partial charge in [-0.1, -0.05) is 124 Å². The highest BCUT2D eigenvalue weighted by Crippen LogP contribution is 2.66. The minimum absolute atomic E-state index is 0. The summed E-state index contributed by atoms with van der Waals surface area (Å²) in [7, 11) is 0. The molecule has 4 aliphatic carbocycles. The number of fused-ring (bicyclic) bond motifs is 6. The maximum absolute atomic E-state index is 11.8. The molecule has 6 heteroatoms. The zero-order valence-corrected chi connectivity index (χ0v) is 48.3. The monoisotopic (exact) mass is 977 g/mol. The Hall–Kier alpha value is -2.70. The molecule has 2 unspecified atom stereocenters. The number of esters is 1. The summed E-state index contributed by atoms with van der Waals surface area (Å²) in [6, 6.07) is 0. The van der Waals surface area contributed by atoms with Gasteiger partial charge >= 0.3 is 11.9 Å². The molecule has 2 heterocycles. The van der Waals surface area contributed by atoms with Crippen LogP contribution in [0.15, 0.2) is 69.9 Å². The summed E-state index contributed by atoms with van der Waals surface area (Å²) in [5, 5.41) is 17.3. The Morgan fingerprint density at radius 3 is 1.40 bits per heavy atom. The van der Waals surface area contributed by atoms with E-state index in [4.69, 9.17) is 19.7 Å². The molecule has 8 atom stereocenters. The van der Waals surface area contributed by atoms with Crippen LogP contribution in [0.1, 0.15) is 255 Å². The molecular formula is C64H112O6. The molecular weight excluding hydrogens is 865 g/mol. The number of hydrogen-bond acceptors (Lipinski definition) is 5. The fourth-order valence-corrected chi connectivity index (χ4v) is 14.7. The maximum atomic E-state index is 11.8. The quantitative estimate of drug-likeness (QED) is 0.118. The van der Waals surface area contributed by atoms with E-state index in [1.807, 2.05) is 6.92 Å². The predicted molar refractivity (Wildman–Crippen MR) is 301 cm³/mol. The Kier molecular flexibility index (Phi) is 24.2. The lowest BCUT2D eigenvalue weighted by molar-refractivity contribution is -0.164. The van der Waals surface area contributed by atoms with Gasteiger partial charge in [0.2, 0.25) is 0 Å². The molecule has 0 bridgehead atoms. The van der Waals surface area contributed by atoms with Gasteiger partial charge in [-0.05, 0) is 224 Å². The Morgan fingerprint density at radius 1 is 0.543 bits per heavy atom. The minimum Gasteiger partial charge on any atom is -0.481 e. The van der Waals surface area contributed by atoms with Crippen molar-refractivity contribution in [2.24, 2.45) is 45.3 Å². The Morgan fingerprint density at radius 2 is 0.957 bits per heavy atom. The first-order valence-electron chi connectivity index (χ1n) is 28.2. The second-order valence-electron chi connectivity index (χ2n) is 26.0. The van der Waals surface area contributed by atoms with Gasteiger partial charge in [-0.3, -0.25) is 9.59 Å². The zero-order chi connectivity index (χ0) is 52.6. The summed E-state index contributed by atoms with van der Waals surface area (Å²) in [5.74, 6) is 2.20. The Balaban J connectivity index is 0.000000476. The van der Waals surface area contributed by atoms with Crippen molar-refractivity contribution in [2.75, 3.05) is 13.2 Å². The van der Waals surface area contributed by atoms with E-state index in [9.17, 15) is 9.59 Å². The summed E-state index contributed by atoms with van der Waals surface area (Å²) in [6.45, 7) is 37.7. The molecule has 6 rings (SSSR count). The number of allylic oxidation sites excluding steroid dienone is 10. The van der Waals surface area contributed by atoms with Gasteiger partial charge in [-0.15, -0.1) is 0 Å². The lowest BCUT2D eigenvalue weighted by Gasteiger charge is -2.60. The van der Waals surface area contributed by atoms with Gasteiger partial charge in [0.1, 0.15) is 5.60 Å². The number of carbonyl (C=O) groups excluding carboxylic acids is 1. The smallest absolute Gasteiger partial charge is 0.307 e. The molecule has 70 heavy (non-hydrogen) atoms. The van der Waals surface area contributed by atoms with Gasteiger partial charge in [-0.25, -0.2) is 0 Å². The average Bonchev–Trinajstić information content (AvgIpc) is 3.81. The lowest BCUT2D eigenvalue weighted by Crippen LogP contribution is -2.55. The van der Waals surface area contributed by atoms with Crippen molar-refractivity contribution in [3.05, 3.63) is 69.9 Å². The van der Waals surface area contributed by atoms with Crippen molar-refractivity contribution in [1.29, 1.82) is 0 Å². The van der Waals surface area contributed by atoms with E-state index in [0.29, 0.717) is 34.0 Å². The maximum Gasteiger partial charge on any atom is 0.307 e. The summed E-state index contributed by atoms with van der Waals surface area (Å²) in [6.07, 6.45) is 37.9. The number of hydrogen-bond donors (Lipinski definition) is 2. The minimum atomic E-state index is -0.761. The number of ether oxygens (including phenoxy) is 2. The molecule has 6 aliphatic rings. The standard InChI is InChI=1S/2C16H26O2.2C16H28O.2H2/c1-14(2)7-5-8-15(3)11(14)6-9-16(4)12(15)10-13(17)18-16;1-13(2)7-5-8-14(3)9-6-10-15(4)11-12-16(17)18;1-14(2)8-5-9-15(3)12(14)6-10-16(4)13(15)7-11-17-16;1-14(2)8-5-9-15(3)10-6-11-16(4)12-7-13-17;;/h11-12H,5-10H2,1-4H3;7,9,11H,5-6,8,10,12H2,1-4H3,(H,17,18);12-13H,5-11H2,1-4H3;8,10,12,17H,5-7,9,11,13H2,1-4H3;2*1H/b;14-9+,15-11+;;15-10+,16-12+;;/t11?,12-,15+,16-;;12?,13-,15+,16-;;;/m1.1.../s1. The van der Waals surface area contributed by atoms with Crippen LogP contribution in [0, 0.1) is 45.3 Å². The third-order valence-corrected chi connectivity index (χ3v) is 18.5. The molecule has 6 fully saturated rings. The SMILES string of the molecule is CC(C)=CCC/C(C)=C/CC/C(C)=C/CC(=O)O.CC(C)=CCC/C(C)=C/CC/C(C)=C/CCO.CC1(C)CCC[C@@]2(C)C1CC[C@@]1(C)OC(=O)C[C@@H]12.CC1(C)CCC[C@@]2(C)C1CC[C@@]1(C)OCC[C@@H]12.[HH].[HH]. The number of carboxylic acids is 1. The molecule has 0 aromatic carbocycles. The van der Waals surface area contributed by atoms with Crippen LogP contribution in [-0.4, -0.2) is 46.6 Å². The van der Waals surface area contributed by atoms with E-state index < -0.39 is 5.97 Å². The van der Waals surface area contributed by atoms with Crippen LogP contribution in [0.25, 0.3) is 0 Å². The number of rotatable bonds is 16. The average molecular weight is 978 g/mol. The van der Waals surface area contributed by atoms with Crippen LogP contribution >= 0.6 is 0 Å². The second kappa shape index (κ2) is 27.5. The molecule has 404 valence electrons. The van der Waals surface area contributed by atoms with Crippen LogP contribution in [-0.2, 0) is 19.1 Å². The van der Waals surface area contributed by atoms with E-state index >= 15 is 0 Å². The molecule has 0 spiro atoms. The van der Waals surface area contributed by atoms with Gasteiger partial charge in [0.15, 0.2) is 0 Å². The summed E-state index contributed by atoms with van der Waals surface area (Å²) in [5.41, 5.74) is 10.1. The molecule has 2 N–H and O–H groups in total. The first-order chi connectivity index (χ1) is 32.6. The number of aliphatic hydroxyl groups is 1. The van der Waals surface area contributed by atoms with Gasteiger partial charge in [0.05, 0.1) is 18.4 Å². The molecule has 0 aromatic rings.